The highest BCUT2D eigenvalue weighted by atomic mass is 16.5. The Morgan fingerprint density at radius 3 is 1.94 bits per heavy atom. The maximum atomic E-state index is 13.9. The molecule has 4 nitrogen and oxygen atoms in total. The highest BCUT2D eigenvalue weighted by molar-refractivity contribution is 5.91. The predicted molar refractivity (Wildman–Crippen MR) is 130 cm³/mol. The number of carbonyl (C=O) groups excluding carboxylic acids is 1. The summed E-state index contributed by atoms with van der Waals surface area (Å²) in [5.41, 5.74) is 1.78. The minimum atomic E-state index is -1.21. The van der Waals surface area contributed by atoms with Gasteiger partial charge in [0, 0.05) is 25.7 Å². The van der Waals surface area contributed by atoms with Crippen LogP contribution in [0.2, 0.25) is 0 Å². The number of nitrogens with zero attached hydrogens (tertiary/aromatic N) is 1. The van der Waals surface area contributed by atoms with Gasteiger partial charge in [-0.2, -0.15) is 0 Å². The lowest BCUT2D eigenvalue weighted by Gasteiger charge is -2.34. The molecule has 2 unspecified atom stereocenters. The van der Waals surface area contributed by atoms with Crippen molar-refractivity contribution in [1.82, 2.24) is 10.2 Å². The van der Waals surface area contributed by atoms with Gasteiger partial charge in [-0.05, 0) is 28.5 Å². The Kier molecular flexibility index (Phi) is 6.12. The maximum Gasteiger partial charge on any atom is 0.261 e. The van der Waals surface area contributed by atoms with Crippen LogP contribution in [-0.4, -0.2) is 36.5 Å². The topological polar surface area (TPSA) is 41.6 Å². The van der Waals surface area contributed by atoms with Crippen molar-refractivity contribution < 1.29 is 9.53 Å². The van der Waals surface area contributed by atoms with Gasteiger partial charge in [-0.15, -0.1) is 6.58 Å². The summed E-state index contributed by atoms with van der Waals surface area (Å²) in [5, 5.41) is 3.36. The number of benzene rings is 3. The smallest absolute Gasteiger partial charge is 0.261 e. The SMILES string of the molecule is C=CCOC(C(=O)NC1C2CN(Cc3ccccc3)CC21)(c1ccccc1)c1ccccc1. The number of hydrogen-bond donors (Lipinski definition) is 1. The van der Waals surface area contributed by atoms with E-state index in [1.807, 2.05) is 60.7 Å². The third-order valence-electron chi connectivity index (χ3n) is 6.91. The van der Waals surface area contributed by atoms with Crippen molar-refractivity contribution >= 4 is 5.91 Å². The van der Waals surface area contributed by atoms with Crippen LogP contribution in [0.5, 0.6) is 0 Å². The van der Waals surface area contributed by atoms with Crippen LogP contribution in [0, 0.1) is 11.8 Å². The van der Waals surface area contributed by atoms with Crippen LogP contribution in [0.4, 0.5) is 0 Å². The number of carbonyl (C=O) groups is 1. The fraction of sp³-hybridized carbons (Fsp3) is 0.276. The Morgan fingerprint density at radius 2 is 1.42 bits per heavy atom. The fourth-order valence-electron chi connectivity index (χ4n) is 5.24. The first-order chi connectivity index (χ1) is 16.2. The number of likely N-dealkylation sites (tertiary alicyclic amines) is 1. The number of fused-ring (bicyclic) bond motifs is 1. The third kappa shape index (κ3) is 4.24. The van der Waals surface area contributed by atoms with Crippen molar-refractivity contribution in [3.63, 3.8) is 0 Å². The molecule has 2 fully saturated rings. The first kappa shape index (κ1) is 21.6. The Hall–Kier alpha value is -3.21. The first-order valence-electron chi connectivity index (χ1n) is 11.7. The molecule has 0 spiro atoms. The van der Waals surface area contributed by atoms with Gasteiger partial charge in [-0.1, -0.05) is 97.1 Å². The van der Waals surface area contributed by atoms with Gasteiger partial charge in [0.15, 0.2) is 5.60 Å². The number of hydrogen-bond acceptors (Lipinski definition) is 3. The third-order valence-corrected chi connectivity index (χ3v) is 6.91. The lowest BCUT2D eigenvalue weighted by molar-refractivity contribution is -0.142. The molecule has 1 aliphatic heterocycles. The average molecular weight is 439 g/mol. The van der Waals surface area contributed by atoms with Gasteiger partial charge in [0.1, 0.15) is 0 Å². The van der Waals surface area contributed by atoms with E-state index >= 15 is 0 Å². The van der Waals surface area contributed by atoms with Crippen molar-refractivity contribution in [2.24, 2.45) is 11.8 Å². The molecule has 1 N–H and O–H groups in total. The number of ether oxygens (including phenoxy) is 1. The quantitative estimate of drug-likeness (QED) is 0.504. The predicted octanol–water partition coefficient (Wildman–Crippen LogP) is 4.38. The van der Waals surface area contributed by atoms with Gasteiger partial charge in [0.2, 0.25) is 0 Å². The molecular weight excluding hydrogens is 408 g/mol. The molecule has 3 aromatic carbocycles. The molecule has 1 amide bonds. The number of piperidine rings is 1. The lowest BCUT2D eigenvalue weighted by atomic mass is 9.85. The molecular formula is C29H30N2O2. The average Bonchev–Trinajstić information content (AvgIpc) is 3.30. The van der Waals surface area contributed by atoms with Crippen LogP contribution < -0.4 is 5.32 Å². The zero-order valence-corrected chi connectivity index (χ0v) is 18.8. The van der Waals surface area contributed by atoms with E-state index in [-0.39, 0.29) is 18.6 Å². The molecule has 4 heteroatoms. The molecule has 1 saturated carbocycles. The lowest BCUT2D eigenvalue weighted by Crippen LogP contribution is -2.49. The Balaban J connectivity index is 1.34. The second-order valence-corrected chi connectivity index (χ2v) is 9.02. The van der Waals surface area contributed by atoms with Gasteiger partial charge < -0.3 is 10.1 Å². The van der Waals surface area contributed by atoms with E-state index in [0.29, 0.717) is 11.8 Å². The van der Waals surface area contributed by atoms with Crippen molar-refractivity contribution in [1.29, 1.82) is 0 Å². The zero-order valence-electron chi connectivity index (χ0n) is 18.8. The van der Waals surface area contributed by atoms with E-state index in [4.69, 9.17) is 4.74 Å². The molecule has 3 aromatic rings. The van der Waals surface area contributed by atoms with Gasteiger partial charge in [0.25, 0.3) is 5.91 Å². The summed E-state index contributed by atoms with van der Waals surface area (Å²) in [6.07, 6.45) is 1.70. The second kappa shape index (κ2) is 9.34. The minimum Gasteiger partial charge on any atom is -0.352 e. The van der Waals surface area contributed by atoms with Crippen molar-refractivity contribution in [2.75, 3.05) is 19.7 Å². The molecule has 1 heterocycles. The van der Waals surface area contributed by atoms with E-state index in [1.54, 1.807) is 6.08 Å². The Labute approximate surface area is 195 Å². The molecule has 2 aliphatic rings. The van der Waals surface area contributed by atoms with Gasteiger partial charge in [0.05, 0.1) is 6.61 Å². The van der Waals surface area contributed by atoms with E-state index in [9.17, 15) is 4.79 Å². The summed E-state index contributed by atoms with van der Waals surface area (Å²) in [6, 6.07) is 30.3. The number of rotatable bonds is 9. The monoisotopic (exact) mass is 438 g/mol. The normalized spacial score (nSPS) is 21.9. The molecule has 1 aliphatic carbocycles. The summed E-state index contributed by atoms with van der Waals surface area (Å²) < 4.78 is 6.32. The van der Waals surface area contributed by atoms with E-state index in [2.05, 4.69) is 47.1 Å². The maximum absolute atomic E-state index is 13.9. The van der Waals surface area contributed by atoms with Crippen LogP contribution in [0.25, 0.3) is 0 Å². The van der Waals surface area contributed by atoms with E-state index in [1.165, 1.54) is 5.56 Å². The highest BCUT2D eigenvalue weighted by Gasteiger charge is 2.58. The molecule has 0 aromatic heterocycles. The van der Waals surface area contributed by atoms with E-state index < -0.39 is 5.60 Å². The Morgan fingerprint density at radius 1 is 0.909 bits per heavy atom. The van der Waals surface area contributed by atoms with E-state index in [0.717, 1.165) is 30.8 Å². The zero-order chi connectivity index (χ0) is 22.7. The number of nitrogens with one attached hydrogen (secondary N) is 1. The van der Waals surface area contributed by atoms with Crippen LogP contribution in [-0.2, 0) is 21.7 Å². The minimum absolute atomic E-state index is 0.101. The molecule has 0 radical (unpaired) electrons. The van der Waals surface area contributed by atoms with Crippen molar-refractivity contribution in [2.45, 2.75) is 18.2 Å². The first-order valence-corrected chi connectivity index (χ1v) is 11.7. The summed E-state index contributed by atoms with van der Waals surface area (Å²) in [4.78, 5) is 16.4. The molecule has 1 saturated heterocycles. The molecule has 2 atom stereocenters. The van der Waals surface area contributed by atoms with Crippen LogP contribution >= 0.6 is 0 Å². The number of amides is 1. The Bertz CT molecular complexity index is 1030. The van der Waals surface area contributed by atoms with Crippen LogP contribution in [0.3, 0.4) is 0 Å². The summed E-state index contributed by atoms with van der Waals surface area (Å²) >= 11 is 0. The van der Waals surface area contributed by atoms with Crippen molar-refractivity contribution in [3.8, 4) is 0 Å². The molecule has 5 rings (SSSR count). The summed E-state index contributed by atoms with van der Waals surface area (Å²) in [5.74, 6) is 0.901. The second-order valence-electron chi connectivity index (χ2n) is 9.02. The largest absolute Gasteiger partial charge is 0.352 e. The highest BCUT2D eigenvalue weighted by Crippen LogP contribution is 2.47. The molecule has 168 valence electrons. The van der Waals surface area contributed by atoms with Crippen molar-refractivity contribution in [3.05, 3.63) is 120 Å². The van der Waals surface area contributed by atoms with Gasteiger partial charge in [-0.25, -0.2) is 0 Å². The van der Waals surface area contributed by atoms with Gasteiger partial charge >= 0.3 is 0 Å². The van der Waals surface area contributed by atoms with Crippen LogP contribution in [0.1, 0.15) is 16.7 Å². The summed E-state index contributed by atoms with van der Waals surface area (Å²) in [7, 11) is 0. The standard InChI is InChI=1S/C29H30N2O2/c1-2-18-33-29(23-14-8-4-9-15-23,24-16-10-5-11-17-24)28(32)30-27-25-20-31(21-26(25)27)19-22-12-6-3-7-13-22/h2-17,25-27H,1,18-21H2,(H,30,32). The molecule has 0 bridgehead atoms. The van der Waals surface area contributed by atoms with Gasteiger partial charge in [-0.3, -0.25) is 9.69 Å². The van der Waals surface area contributed by atoms with Crippen LogP contribution in [0.15, 0.2) is 104 Å². The fourth-order valence-corrected chi connectivity index (χ4v) is 5.24. The molecule has 33 heavy (non-hydrogen) atoms. The summed E-state index contributed by atoms with van der Waals surface area (Å²) in [6.45, 7) is 7.09.